The van der Waals surface area contributed by atoms with Crippen LogP contribution in [0, 0.1) is 0 Å². The van der Waals surface area contributed by atoms with E-state index in [9.17, 15) is 9.46 Å². The second kappa shape index (κ2) is 6.10. The van der Waals surface area contributed by atoms with Gasteiger partial charge in [-0.1, -0.05) is 0 Å². The Bertz CT molecular complexity index is 210. The Hall–Kier alpha value is 0.420. The summed E-state index contributed by atoms with van der Waals surface area (Å²) in [7, 11) is 0. The van der Waals surface area contributed by atoms with E-state index in [1.807, 2.05) is 0 Å². The molecule has 1 heterocycles. The Labute approximate surface area is 88.0 Å². The van der Waals surface area contributed by atoms with Crippen molar-refractivity contribution in [2.75, 3.05) is 38.8 Å². The zero-order valence-corrected chi connectivity index (χ0v) is 9.93. The molecule has 84 valence electrons. The van der Waals surface area contributed by atoms with Crippen LogP contribution in [0.15, 0.2) is 0 Å². The van der Waals surface area contributed by atoms with E-state index < -0.39 is 6.80 Å². The van der Waals surface area contributed by atoms with Crippen molar-refractivity contribution >= 4 is 18.2 Å². The normalized spacial score (nSPS) is 23.3. The van der Waals surface area contributed by atoms with Crippen molar-refractivity contribution in [2.45, 2.75) is 6.92 Å². The molecule has 14 heavy (non-hydrogen) atoms. The summed E-state index contributed by atoms with van der Waals surface area (Å²) >= 11 is 0.969. The van der Waals surface area contributed by atoms with Crippen LogP contribution in [0.1, 0.15) is 6.92 Å². The Morgan fingerprint density at radius 3 is 2.79 bits per heavy atom. The summed E-state index contributed by atoms with van der Waals surface area (Å²) in [5.74, 6) is 0.525. The lowest BCUT2D eigenvalue weighted by atomic mass is 10.5. The third-order valence-electron chi connectivity index (χ3n) is 1.80. The molecule has 1 saturated heterocycles. The first-order valence-corrected chi connectivity index (χ1v) is 7.73. The van der Waals surface area contributed by atoms with Crippen LogP contribution < -0.4 is 0 Å². The van der Waals surface area contributed by atoms with Gasteiger partial charge in [-0.25, -0.2) is 4.57 Å². The molecule has 1 aliphatic heterocycles. The minimum atomic E-state index is -3.42. The van der Waals surface area contributed by atoms with E-state index in [1.54, 1.807) is 6.92 Å². The van der Waals surface area contributed by atoms with Gasteiger partial charge < -0.3 is 14.2 Å². The van der Waals surface area contributed by atoms with Gasteiger partial charge in [-0.3, -0.25) is 4.90 Å². The highest BCUT2D eigenvalue weighted by Gasteiger charge is 2.21. The van der Waals surface area contributed by atoms with Gasteiger partial charge in [0.15, 0.2) is 0 Å². The third-order valence-corrected chi connectivity index (χ3v) is 4.83. The van der Waals surface area contributed by atoms with Crippen LogP contribution in [0.25, 0.3) is 0 Å². The summed E-state index contributed by atoms with van der Waals surface area (Å²) in [6, 6.07) is 0. The molecule has 0 radical (unpaired) electrons. The number of morpholine rings is 1. The van der Waals surface area contributed by atoms with Crippen LogP contribution in [0.5, 0.6) is 0 Å². The van der Waals surface area contributed by atoms with Gasteiger partial charge in [-0.05, 0) is 18.3 Å². The van der Waals surface area contributed by atoms with Gasteiger partial charge in [-0.2, -0.15) is 0 Å². The van der Waals surface area contributed by atoms with E-state index in [1.165, 1.54) is 0 Å². The molecule has 1 fully saturated rings. The van der Waals surface area contributed by atoms with Crippen molar-refractivity contribution in [3.63, 3.8) is 0 Å². The Morgan fingerprint density at radius 2 is 2.21 bits per heavy atom. The Kier molecular flexibility index (Phi) is 5.44. The second-order valence-electron chi connectivity index (χ2n) is 2.87. The molecule has 7 heteroatoms. The van der Waals surface area contributed by atoms with Crippen LogP contribution in [0.4, 0.5) is 0 Å². The van der Waals surface area contributed by atoms with Gasteiger partial charge in [0.25, 0.3) is 0 Å². The number of nitrogens with zero attached hydrogens (tertiary/aromatic N) is 1. The van der Waals surface area contributed by atoms with Crippen molar-refractivity contribution in [3.8, 4) is 0 Å². The fourth-order valence-electron chi connectivity index (χ4n) is 1.09. The summed E-state index contributed by atoms with van der Waals surface area (Å²) in [5.41, 5.74) is 0. The third kappa shape index (κ3) is 4.77. The maximum absolute atomic E-state index is 11.3. The molecule has 0 spiro atoms. The molecule has 1 aliphatic rings. The van der Waals surface area contributed by atoms with Crippen LogP contribution >= 0.6 is 18.2 Å². The lowest BCUT2D eigenvalue weighted by Gasteiger charge is -2.26. The average Bonchev–Trinajstić information content (AvgIpc) is 2.17. The zero-order chi connectivity index (χ0) is 10.4. The lowest BCUT2D eigenvalue weighted by Crippen LogP contribution is -2.35. The van der Waals surface area contributed by atoms with Gasteiger partial charge in [0.1, 0.15) is 0 Å². The molecule has 0 amide bonds. The van der Waals surface area contributed by atoms with Crippen LogP contribution in [0.3, 0.4) is 0 Å². The minimum absolute atomic E-state index is 0.268. The van der Waals surface area contributed by atoms with Gasteiger partial charge >= 0.3 is 6.80 Å². The maximum atomic E-state index is 11.3. The fourth-order valence-corrected chi connectivity index (χ4v) is 3.52. The molecule has 0 aromatic rings. The van der Waals surface area contributed by atoms with E-state index in [-0.39, 0.29) is 6.61 Å². The zero-order valence-electron chi connectivity index (χ0n) is 8.22. The highest BCUT2D eigenvalue weighted by Crippen LogP contribution is 2.55. The monoisotopic (exact) mass is 241 g/mol. The summed E-state index contributed by atoms with van der Waals surface area (Å²) in [6.07, 6.45) is 0. The topological polar surface area (TPSA) is 59.0 Å². The predicted octanol–water partition coefficient (Wildman–Crippen LogP) is 1.15. The maximum Gasteiger partial charge on any atom is 0.387 e. The Balaban J connectivity index is 2.21. The van der Waals surface area contributed by atoms with Crippen molar-refractivity contribution in [1.82, 2.24) is 4.90 Å². The molecule has 5 nitrogen and oxygen atoms in total. The van der Waals surface area contributed by atoms with Gasteiger partial charge in [-0.15, -0.1) is 0 Å². The first-order chi connectivity index (χ1) is 6.64. The van der Waals surface area contributed by atoms with Crippen molar-refractivity contribution in [1.29, 1.82) is 0 Å². The number of rotatable bonds is 5. The second-order valence-corrected chi connectivity index (χ2v) is 6.75. The smallest absolute Gasteiger partial charge is 0.379 e. The summed E-state index contributed by atoms with van der Waals surface area (Å²) < 4.78 is 21.2. The molecule has 1 atom stereocenters. The molecular formula is C7H16NO4PS. The standard InChI is InChI=1S/C7H16NO4PS/c1-2-12-13(9,10)14-7-8-3-5-11-6-4-8/h2-7H2,1H3,(H,9,10). The van der Waals surface area contributed by atoms with Crippen LogP contribution in [-0.2, 0) is 13.8 Å². The van der Waals surface area contributed by atoms with Gasteiger partial charge in [0, 0.05) is 13.1 Å². The molecular weight excluding hydrogens is 225 g/mol. The summed E-state index contributed by atoms with van der Waals surface area (Å²) in [4.78, 5) is 11.4. The number of hydrogen-bond acceptors (Lipinski definition) is 5. The fraction of sp³-hybridized carbons (Fsp3) is 1.00. The average molecular weight is 241 g/mol. The first-order valence-electron chi connectivity index (χ1n) is 4.56. The minimum Gasteiger partial charge on any atom is -0.379 e. The summed E-state index contributed by atoms with van der Waals surface area (Å²) in [6.45, 7) is 1.59. The molecule has 1 unspecified atom stereocenters. The van der Waals surface area contributed by atoms with Crippen molar-refractivity contribution < 1.29 is 18.7 Å². The number of hydrogen-bond donors (Lipinski definition) is 1. The van der Waals surface area contributed by atoms with Gasteiger partial charge in [0.05, 0.1) is 25.7 Å². The van der Waals surface area contributed by atoms with E-state index in [4.69, 9.17) is 9.26 Å². The van der Waals surface area contributed by atoms with Crippen molar-refractivity contribution in [2.24, 2.45) is 0 Å². The molecule has 0 saturated carbocycles. The lowest BCUT2D eigenvalue weighted by molar-refractivity contribution is 0.0474. The SMILES string of the molecule is CCOP(=O)(O)SCN1CCOCC1. The largest absolute Gasteiger partial charge is 0.387 e. The van der Waals surface area contributed by atoms with E-state index >= 15 is 0 Å². The highest BCUT2D eigenvalue weighted by atomic mass is 32.7. The molecule has 0 aromatic carbocycles. The first kappa shape index (κ1) is 12.5. The quantitative estimate of drug-likeness (QED) is 0.728. The summed E-state index contributed by atoms with van der Waals surface area (Å²) in [5, 5.41) is 0. The molecule has 0 aliphatic carbocycles. The van der Waals surface area contributed by atoms with Crippen molar-refractivity contribution in [3.05, 3.63) is 0 Å². The highest BCUT2D eigenvalue weighted by molar-refractivity contribution is 8.54. The van der Waals surface area contributed by atoms with E-state index in [0.717, 1.165) is 24.5 Å². The molecule has 1 N–H and O–H groups in total. The van der Waals surface area contributed by atoms with Crippen LogP contribution in [-0.4, -0.2) is 48.6 Å². The van der Waals surface area contributed by atoms with E-state index in [0.29, 0.717) is 19.1 Å². The predicted molar refractivity (Wildman–Crippen MR) is 56.3 cm³/mol. The molecule has 0 aromatic heterocycles. The molecule has 1 rings (SSSR count). The number of ether oxygens (including phenoxy) is 1. The van der Waals surface area contributed by atoms with E-state index in [2.05, 4.69) is 4.90 Å². The van der Waals surface area contributed by atoms with Crippen LogP contribution in [0.2, 0.25) is 0 Å². The Morgan fingerprint density at radius 1 is 1.57 bits per heavy atom. The molecule has 0 bridgehead atoms. The van der Waals surface area contributed by atoms with Gasteiger partial charge in [0.2, 0.25) is 0 Å².